The van der Waals surface area contributed by atoms with Crippen molar-refractivity contribution in [3.8, 4) is 0 Å². The monoisotopic (exact) mass is 318 g/mol. The first-order valence-electron chi connectivity index (χ1n) is 6.35. The van der Waals surface area contributed by atoms with E-state index in [-0.39, 0.29) is 11.7 Å². The molecule has 0 aliphatic heterocycles. The molecular formula is C13H19ClN2O3S. The number of amides is 1. The standard InChI is InChI=1S/C13H19ClN2O3S/c1-3-13(17)15-11-6-4-7-12(10(11)2)16-20(18,19)9-5-8-14/h4,6-7,16H,3,5,8-9H2,1-2H3,(H,15,17). The first kappa shape index (κ1) is 16.8. The van der Waals surface area contributed by atoms with Crippen LogP contribution in [-0.2, 0) is 14.8 Å². The van der Waals surface area contributed by atoms with E-state index < -0.39 is 10.0 Å². The molecule has 0 aromatic heterocycles. The number of carbonyl (C=O) groups excluding carboxylic acids is 1. The molecule has 7 heteroatoms. The fourth-order valence-corrected chi connectivity index (χ4v) is 3.06. The lowest BCUT2D eigenvalue weighted by atomic mass is 10.1. The summed E-state index contributed by atoms with van der Waals surface area (Å²) in [7, 11) is -3.42. The Morgan fingerprint density at radius 3 is 2.55 bits per heavy atom. The van der Waals surface area contributed by atoms with Gasteiger partial charge in [0.1, 0.15) is 0 Å². The smallest absolute Gasteiger partial charge is 0.232 e. The largest absolute Gasteiger partial charge is 0.326 e. The van der Waals surface area contributed by atoms with Crippen molar-refractivity contribution in [2.45, 2.75) is 26.7 Å². The quantitative estimate of drug-likeness (QED) is 0.759. The summed E-state index contributed by atoms with van der Waals surface area (Å²) in [5.74, 6) is 0.156. The molecule has 5 nitrogen and oxygen atoms in total. The second-order valence-electron chi connectivity index (χ2n) is 4.34. The third-order valence-electron chi connectivity index (χ3n) is 2.74. The number of hydrogen-bond donors (Lipinski definition) is 2. The number of benzene rings is 1. The first-order valence-corrected chi connectivity index (χ1v) is 8.54. The highest BCUT2D eigenvalue weighted by Gasteiger charge is 2.13. The molecule has 0 fully saturated rings. The van der Waals surface area contributed by atoms with E-state index in [1.165, 1.54) is 0 Å². The van der Waals surface area contributed by atoms with Gasteiger partial charge in [0.15, 0.2) is 0 Å². The van der Waals surface area contributed by atoms with Gasteiger partial charge in [-0.05, 0) is 31.0 Å². The Morgan fingerprint density at radius 2 is 1.95 bits per heavy atom. The summed E-state index contributed by atoms with van der Waals surface area (Å²) in [6.07, 6.45) is 0.757. The number of anilines is 2. The Kier molecular flexibility index (Phi) is 6.29. The van der Waals surface area contributed by atoms with Crippen LogP contribution in [0.1, 0.15) is 25.3 Å². The predicted octanol–water partition coefficient (Wildman–Crippen LogP) is 2.71. The van der Waals surface area contributed by atoms with Crippen LogP contribution in [0.3, 0.4) is 0 Å². The van der Waals surface area contributed by atoms with Gasteiger partial charge in [-0.3, -0.25) is 9.52 Å². The first-order chi connectivity index (χ1) is 9.39. The number of hydrogen-bond acceptors (Lipinski definition) is 3. The molecule has 1 aromatic carbocycles. The topological polar surface area (TPSA) is 75.3 Å². The average molecular weight is 319 g/mol. The van der Waals surface area contributed by atoms with E-state index in [2.05, 4.69) is 10.0 Å². The molecule has 1 amide bonds. The van der Waals surface area contributed by atoms with E-state index in [4.69, 9.17) is 11.6 Å². The molecule has 0 heterocycles. The molecule has 2 N–H and O–H groups in total. The highest BCUT2D eigenvalue weighted by atomic mass is 35.5. The van der Waals surface area contributed by atoms with Crippen molar-refractivity contribution < 1.29 is 13.2 Å². The number of nitrogens with one attached hydrogen (secondary N) is 2. The van der Waals surface area contributed by atoms with Crippen LogP contribution in [0, 0.1) is 6.92 Å². The molecule has 0 spiro atoms. The van der Waals surface area contributed by atoms with Crippen molar-refractivity contribution in [3.63, 3.8) is 0 Å². The van der Waals surface area contributed by atoms with Gasteiger partial charge in [-0.25, -0.2) is 8.42 Å². The van der Waals surface area contributed by atoms with Gasteiger partial charge in [0.05, 0.1) is 11.4 Å². The van der Waals surface area contributed by atoms with Crippen LogP contribution < -0.4 is 10.0 Å². The maximum Gasteiger partial charge on any atom is 0.232 e. The molecule has 0 saturated heterocycles. The Balaban J connectivity index is 2.92. The molecule has 1 rings (SSSR count). The van der Waals surface area contributed by atoms with Crippen molar-refractivity contribution in [1.82, 2.24) is 0 Å². The molecule has 0 atom stereocenters. The second-order valence-corrected chi connectivity index (χ2v) is 6.56. The van der Waals surface area contributed by atoms with Gasteiger partial charge >= 0.3 is 0 Å². The Hall–Kier alpha value is -1.27. The molecule has 0 radical (unpaired) electrons. The molecule has 112 valence electrons. The van der Waals surface area contributed by atoms with E-state index in [1.807, 2.05) is 0 Å². The van der Waals surface area contributed by atoms with E-state index in [1.54, 1.807) is 32.0 Å². The summed E-state index contributed by atoms with van der Waals surface area (Å²) in [6.45, 7) is 3.51. The molecular weight excluding hydrogens is 300 g/mol. The van der Waals surface area contributed by atoms with Crippen LogP contribution in [-0.4, -0.2) is 26.0 Å². The van der Waals surface area contributed by atoms with Crippen LogP contribution in [0.4, 0.5) is 11.4 Å². The number of alkyl halides is 1. The normalized spacial score (nSPS) is 11.2. The van der Waals surface area contributed by atoms with Crippen molar-refractivity contribution >= 4 is 38.9 Å². The zero-order valence-electron chi connectivity index (χ0n) is 11.6. The van der Waals surface area contributed by atoms with E-state index in [0.717, 1.165) is 0 Å². The van der Waals surface area contributed by atoms with Gasteiger partial charge in [0.25, 0.3) is 0 Å². The van der Waals surface area contributed by atoms with Gasteiger partial charge in [-0.15, -0.1) is 11.6 Å². The maximum absolute atomic E-state index is 11.8. The van der Waals surface area contributed by atoms with Crippen LogP contribution in [0.25, 0.3) is 0 Å². The Bertz CT molecular complexity index is 573. The lowest BCUT2D eigenvalue weighted by Crippen LogP contribution is -2.18. The zero-order chi connectivity index (χ0) is 15.2. The highest BCUT2D eigenvalue weighted by molar-refractivity contribution is 7.92. The number of rotatable bonds is 7. The Labute approximate surface area is 124 Å². The third-order valence-corrected chi connectivity index (χ3v) is 4.37. The molecule has 0 unspecified atom stereocenters. The molecule has 0 bridgehead atoms. The van der Waals surface area contributed by atoms with Crippen LogP contribution in [0.2, 0.25) is 0 Å². The van der Waals surface area contributed by atoms with Gasteiger partial charge in [0, 0.05) is 18.0 Å². The van der Waals surface area contributed by atoms with Crippen molar-refractivity contribution in [2.24, 2.45) is 0 Å². The number of halogens is 1. The summed E-state index contributed by atoms with van der Waals surface area (Å²) < 4.78 is 26.2. The maximum atomic E-state index is 11.8. The minimum atomic E-state index is -3.42. The minimum absolute atomic E-state index is 0.0263. The lowest BCUT2D eigenvalue weighted by molar-refractivity contribution is -0.115. The summed E-state index contributed by atoms with van der Waals surface area (Å²) in [5, 5.41) is 2.73. The van der Waals surface area contributed by atoms with E-state index in [0.29, 0.717) is 35.7 Å². The number of carbonyl (C=O) groups is 1. The predicted molar refractivity (Wildman–Crippen MR) is 82.8 cm³/mol. The fourth-order valence-electron chi connectivity index (χ4n) is 1.58. The van der Waals surface area contributed by atoms with Crippen molar-refractivity contribution in [3.05, 3.63) is 23.8 Å². The van der Waals surface area contributed by atoms with Gasteiger partial charge in [-0.1, -0.05) is 13.0 Å². The van der Waals surface area contributed by atoms with Crippen molar-refractivity contribution in [1.29, 1.82) is 0 Å². The molecule has 0 aliphatic rings. The Morgan fingerprint density at radius 1 is 1.30 bits per heavy atom. The van der Waals surface area contributed by atoms with Crippen LogP contribution in [0.5, 0.6) is 0 Å². The number of sulfonamides is 1. The minimum Gasteiger partial charge on any atom is -0.326 e. The molecule has 1 aromatic rings. The zero-order valence-corrected chi connectivity index (χ0v) is 13.1. The van der Waals surface area contributed by atoms with Crippen molar-refractivity contribution in [2.75, 3.05) is 21.7 Å². The summed E-state index contributed by atoms with van der Waals surface area (Å²) in [4.78, 5) is 11.4. The SMILES string of the molecule is CCC(=O)Nc1cccc(NS(=O)(=O)CCCCl)c1C. The van der Waals surface area contributed by atoms with Gasteiger partial charge < -0.3 is 5.32 Å². The second kappa shape index (κ2) is 7.50. The summed E-state index contributed by atoms with van der Waals surface area (Å²) in [6, 6.07) is 5.09. The van der Waals surface area contributed by atoms with Gasteiger partial charge in [-0.2, -0.15) is 0 Å². The molecule has 0 aliphatic carbocycles. The average Bonchev–Trinajstić information content (AvgIpc) is 2.40. The third kappa shape index (κ3) is 5.02. The van der Waals surface area contributed by atoms with E-state index in [9.17, 15) is 13.2 Å². The summed E-state index contributed by atoms with van der Waals surface area (Å²) in [5.41, 5.74) is 1.76. The fraction of sp³-hybridized carbons (Fsp3) is 0.462. The van der Waals surface area contributed by atoms with Crippen LogP contribution in [0.15, 0.2) is 18.2 Å². The van der Waals surface area contributed by atoms with Gasteiger partial charge in [0.2, 0.25) is 15.9 Å². The molecule has 0 saturated carbocycles. The van der Waals surface area contributed by atoms with E-state index >= 15 is 0 Å². The lowest BCUT2D eigenvalue weighted by Gasteiger charge is -2.14. The summed E-state index contributed by atoms with van der Waals surface area (Å²) >= 11 is 5.50. The molecule has 20 heavy (non-hydrogen) atoms. The highest BCUT2D eigenvalue weighted by Crippen LogP contribution is 2.24. The van der Waals surface area contributed by atoms with Crippen LogP contribution >= 0.6 is 11.6 Å².